The third kappa shape index (κ3) is 2.16. The Morgan fingerprint density at radius 1 is 1.26 bits per heavy atom. The lowest BCUT2D eigenvalue weighted by Crippen LogP contribution is -2.05. The Morgan fingerprint density at radius 2 is 2.00 bits per heavy atom. The fourth-order valence-corrected chi connectivity index (χ4v) is 1.94. The molecule has 19 heavy (non-hydrogen) atoms. The lowest BCUT2D eigenvalue weighted by Gasteiger charge is -2.07. The summed E-state index contributed by atoms with van der Waals surface area (Å²) in [5.41, 5.74) is 5.81. The van der Waals surface area contributed by atoms with E-state index in [9.17, 15) is 13.2 Å². The molecule has 7 heteroatoms. The second-order valence-corrected chi connectivity index (χ2v) is 4.58. The number of anilines is 1. The molecule has 0 atom stereocenters. The van der Waals surface area contributed by atoms with E-state index in [1.165, 1.54) is 6.07 Å². The predicted molar refractivity (Wildman–Crippen MR) is 63.1 cm³/mol. The molecule has 3 rings (SSSR count). The number of hydrogen-bond donors (Lipinski definition) is 1. The van der Waals surface area contributed by atoms with Crippen molar-refractivity contribution in [1.82, 2.24) is 15.0 Å². The van der Waals surface area contributed by atoms with Crippen molar-refractivity contribution in [3.63, 3.8) is 0 Å². The second-order valence-electron chi connectivity index (χ2n) is 4.58. The lowest BCUT2D eigenvalue weighted by atomic mass is 10.1. The number of nitrogens with two attached hydrogens (primary N) is 1. The molecule has 1 aliphatic carbocycles. The highest BCUT2D eigenvalue weighted by molar-refractivity contribution is 5.70. The Kier molecular flexibility index (Phi) is 2.51. The van der Waals surface area contributed by atoms with E-state index < -0.39 is 11.7 Å². The van der Waals surface area contributed by atoms with E-state index in [1.807, 2.05) is 0 Å². The zero-order chi connectivity index (χ0) is 13.6. The van der Waals surface area contributed by atoms with Crippen molar-refractivity contribution >= 4 is 5.82 Å². The molecule has 100 valence electrons. The number of nitrogen functional groups attached to an aromatic ring is 1. The van der Waals surface area contributed by atoms with Crippen LogP contribution in [-0.2, 0) is 6.18 Å². The van der Waals surface area contributed by atoms with Gasteiger partial charge in [-0.05, 0) is 25.0 Å². The van der Waals surface area contributed by atoms with Crippen molar-refractivity contribution in [2.75, 3.05) is 5.73 Å². The van der Waals surface area contributed by atoms with Crippen molar-refractivity contribution in [2.45, 2.75) is 25.1 Å². The van der Waals surface area contributed by atoms with Gasteiger partial charge in [0.2, 0.25) is 0 Å². The predicted octanol–water partition coefficient (Wildman–Crippen LogP) is 2.88. The molecule has 1 saturated carbocycles. The van der Waals surface area contributed by atoms with Gasteiger partial charge in [0.1, 0.15) is 5.69 Å². The van der Waals surface area contributed by atoms with Crippen LogP contribution in [0.3, 0.4) is 0 Å². The van der Waals surface area contributed by atoms with Crippen LogP contribution in [-0.4, -0.2) is 15.0 Å². The molecule has 2 N–H and O–H groups in total. The number of nitrogens with zero attached hydrogens (tertiary/aromatic N) is 3. The molecule has 0 unspecified atom stereocenters. The number of halogens is 3. The van der Waals surface area contributed by atoms with Crippen LogP contribution in [0, 0.1) is 0 Å². The maximum atomic E-state index is 12.7. The largest absolute Gasteiger partial charge is 0.416 e. The van der Waals surface area contributed by atoms with Crippen LogP contribution in [0.1, 0.15) is 24.4 Å². The van der Waals surface area contributed by atoms with Crippen LogP contribution in [0.4, 0.5) is 19.0 Å². The molecule has 0 bridgehead atoms. The number of rotatable bonds is 2. The Morgan fingerprint density at radius 3 is 2.63 bits per heavy atom. The molecule has 4 nitrogen and oxygen atoms in total. The third-order valence-corrected chi connectivity index (χ3v) is 3.09. The summed E-state index contributed by atoms with van der Waals surface area (Å²) in [5, 5.41) is 7.80. The van der Waals surface area contributed by atoms with Gasteiger partial charge < -0.3 is 5.73 Å². The van der Waals surface area contributed by atoms with Gasteiger partial charge in [0.25, 0.3) is 0 Å². The normalized spacial score (nSPS) is 15.7. The van der Waals surface area contributed by atoms with Crippen molar-refractivity contribution < 1.29 is 13.2 Å². The molecule has 1 aromatic carbocycles. The van der Waals surface area contributed by atoms with Crippen molar-refractivity contribution in [2.24, 2.45) is 0 Å². The Balaban J connectivity index is 2.02. The zero-order valence-corrected chi connectivity index (χ0v) is 9.85. The summed E-state index contributed by atoms with van der Waals surface area (Å²) in [6.45, 7) is 0. The standard InChI is InChI=1S/C12H11F3N4/c13-12(14,15)8-3-1-2-7(6-8)10-11(16)19(18-17-10)9-4-5-9/h1-3,6,9H,4-5,16H2. The van der Waals surface area contributed by atoms with E-state index in [2.05, 4.69) is 10.3 Å². The van der Waals surface area contributed by atoms with Crippen LogP contribution in [0.2, 0.25) is 0 Å². The highest BCUT2D eigenvalue weighted by Crippen LogP contribution is 2.38. The molecule has 0 radical (unpaired) electrons. The summed E-state index contributed by atoms with van der Waals surface area (Å²) in [4.78, 5) is 0. The second kappa shape index (κ2) is 3.97. The van der Waals surface area contributed by atoms with E-state index in [1.54, 1.807) is 10.7 Å². The molecule has 2 aromatic rings. The Bertz CT molecular complexity index is 614. The maximum absolute atomic E-state index is 12.7. The average molecular weight is 268 g/mol. The van der Waals surface area contributed by atoms with Crippen molar-refractivity contribution in [3.05, 3.63) is 29.8 Å². The monoisotopic (exact) mass is 268 g/mol. The fourth-order valence-electron chi connectivity index (χ4n) is 1.94. The van der Waals surface area contributed by atoms with Crippen LogP contribution in [0.5, 0.6) is 0 Å². The minimum Gasteiger partial charge on any atom is -0.382 e. The first-order valence-corrected chi connectivity index (χ1v) is 5.85. The summed E-state index contributed by atoms with van der Waals surface area (Å²) in [6.07, 6.45) is -2.41. The van der Waals surface area contributed by atoms with E-state index in [0.717, 1.165) is 25.0 Å². The number of hydrogen-bond acceptors (Lipinski definition) is 3. The fraction of sp³-hybridized carbons (Fsp3) is 0.333. The molecule has 0 spiro atoms. The van der Waals surface area contributed by atoms with Gasteiger partial charge in [-0.3, -0.25) is 0 Å². The van der Waals surface area contributed by atoms with Crippen LogP contribution >= 0.6 is 0 Å². The Labute approximate surface area is 107 Å². The topological polar surface area (TPSA) is 56.7 Å². The average Bonchev–Trinajstić information content (AvgIpc) is 3.12. The zero-order valence-electron chi connectivity index (χ0n) is 9.85. The molecular formula is C12H11F3N4. The van der Waals surface area contributed by atoms with Crippen LogP contribution in [0.15, 0.2) is 24.3 Å². The van der Waals surface area contributed by atoms with Gasteiger partial charge >= 0.3 is 6.18 Å². The van der Waals surface area contributed by atoms with Gasteiger partial charge in [0, 0.05) is 5.56 Å². The van der Waals surface area contributed by atoms with Crippen molar-refractivity contribution in [3.8, 4) is 11.3 Å². The first kappa shape index (κ1) is 12.0. The minimum atomic E-state index is -4.38. The molecule has 1 aliphatic rings. The molecule has 1 aromatic heterocycles. The van der Waals surface area contributed by atoms with Crippen molar-refractivity contribution in [1.29, 1.82) is 0 Å². The molecule has 1 fully saturated rings. The number of alkyl halides is 3. The van der Waals surface area contributed by atoms with Gasteiger partial charge in [-0.25, -0.2) is 4.68 Å². The summed E-state index contributed by atoms with van der Waals surface area (Å²) >= 11 is 0. The summed E-state index contributed by atoms with van der Waals surface area (Å²) in [5.74, 6) is 0.321. The third-order valence-electron chi connectivity index (χ3n) is 3.09. The first-order chi connectivity index (χ1) is 8.97. The van der Waals surface area contributed by atoms with Gasteiger partial charge in [-0.1, -0.05) is 17.3 Å². The SMILES string of the molecule is Nc1c(-c2cccc(C(F)(F)F)c2)nnn1C1CC1. The van der Waals surface area contributed by atoms with Gasteiger partial charge in [0.15, 0.2) is 5.82 Å². The van der Waals surface area contributed by atoms with E-state index in [4.69, 9.17) is 5.73 Å². The van der Waals surface area contributed by atoms with Gasteiger partial charge in [-0.15, -0.1) is 5.10 Å². The van der Waals surface area contributed by atoms with Crippen LogP contribution < -0.4 is 5.73 Å². The van der Waals surface area contributed by atoms with Gasteiger partial charge in [0.05, 0.1) is 11.6 Å². The van der Waals surface area contributed by atoms with Crippen LogP contribution in [0.25, 0.3) is 11.3 Å². The molecule has 0 amide bonds. The molecule has 0 aliphatic heterocycles. The maximum Gasteiger partial charge on any atom is 0.416 e. The smallest absolute Gasteiger partial charge is 0.382 e. The first-order valence-electron chi connectivity index (χ1n) is 5.85. The summed E-state index contributed by atoms with van der Waals surface area (Å²) in [7, 11) is 0. The van der Waals surface area contributed by atoms with E-state index in [0.29, 0.717) is 17.1 Å². The summed E-state index contributed by atoms with van der Waals surface area (Å²) < 4.78 is 39.5. The van der Waals surface area contributed by atoms with Gasteiger partial charge in [-0.2, -0.15) is 13.2 Å². The van der Waals surface area contributed by atoms with E-state index in [-0.39, 0.29) is 6.04 Å². The number of benzene rings is 1. The quantitative estimate of drug-likeness (QED) is 0.911. The minimum absolute atomic E-state index is 0.243. The molecular weight excluding hydrogens is 257 g/mol. The highest BCUT2D eigenvalue weighted by atomic mass is 19.4. The molecule has 1 heterocycles. The summed E-state index contributed by atoms with van der Waals surface area (Å²) in [6, 6.07) is 5.19. The number of aromatic nitrogens is 3. The Hall–Kier alpha value is -2.05. The molecule has 0 saturated heterocycles. The lowest BCUT2D eigenvalue weighted by molar-refractivity contribution is -0.137. The van der Waals surface area contributed by atoms with E-state index >= 15 is 0 Å². The highest BCUT2D eigenvalue weighted by Gasteiger charge is 2.32.